The molecule has 3 nitrogen and oxygen atoms in total. The van der Waals surface area contributed by atoms with E-state index in [1.54, 1.807) is 0 Å². The van der Waals surface area contributed by atoms with E-state index in [1.807, 2.05) is 24.3 Å². The minimum Gasteiger partial charge on any atom is -0.456 e. The lowest BCUT2D eigenvalue weighted by molar-refractivity contribution is 0.561. The Morgan fingerprint density at radius 3 is 1.77 bits per heavy atom. The van der Waals surface area contributed by atoms with Gasteiger partial charge in [-0.25, -0.2) is 9.97 Å². The lowest BCUT2D eigenvalue weighted by atomic mass is 9.85. The molecule has 0 N–H and O–H groups in total. The van der Waals surface area contributed by atoms with E-state index in [4.69, 9.17) is 14.4 Å². The number of rotatable bonds is 6. The van der Waals surface area contributed by atoms with Crippen molar-refractivity contribution in [1.82, 2.24) is 9.97 Å². The Balaban J connectivity index is 1.09. The van der Waals surface area contributed by atoms with Crippen LogP contribution < -0.4 is 10.6 Å². The SMILES string of the molecule is C1=CC2C=c3oc4ccc(-c5ccc(-c6cccc(-c7cc(-c8ccccc8)nc(-c8ccccc8)n7)c6-c6ccccc6)cc5)cc4c3=CC2C=C1. The zero-order valence-electron chi connectivity index (χ0n) is 28.9. The van der Waals surface area contributed by atoms with Gasteiger partial charge in [0.25, 0.3) is 0 Å². The predicted molar refractivity (Wildman–Crippen MR) is 218 cm³/mol. The molecular weight excluding hydrogens is 645 g/mol. The largest absolute Gasteiger partial charge is 0.456 e. The summed E-state index contributed by atoms with van der Waals surface area (Å²) in [6.07, 6.45) is 13.4. The van der Waals surface area contributed by atoms with Gasteiger partial charge in [-0.15, -0.1) is 0 Å². The van der Waals surface area contributed by atoms with Crippen LogP contribution in [0, 0.1) is 11.8 Å². The van der Waals surface area contributed by atoms with E-state index < -0.39 is 0 Å². The first-order chi connectivity index (χ1) is 26.2. The summed E-state index contributed by atoms with van der Waals surface area (Å²) in [5.74, 6) is 1.42. The van der Waals surface area contributed by atoms with Crippen molar-refractivity contribution >= 4 is 23.1 Å². The molecule has 10 rings (SSSR count). The minimum absolute atomic E-state index is 0.352. The predicted octanol–water partition coefficient (Wildman–Crippen LogP) is 11.2. The van der Waals surface area contributed by atoms with Gasteiger partial charge in [-0.3, -0.25) is 0 Å². The summed E-state index contributed by atoms with van der Waals surface area (Å²) in [7, 11) is 0. The smallest absolute Gasteiger partial charge is 0.160 e. The van der Waals surface area contributed by atoms with E-state index in [0.29, 0.717) is 17.7 Å². The van der Waals surface area contributed by atoms with Crippen molar-refractivity contribution < 1.29 is 4.42 Å². The molecule has 8 aromatic rings. The number of benzene rings is 6. The van der Waals surface area contributed by atoms with Crippen LogP contribution in [0.3, 0.4) is 0 Å². The summed E-state index contributed by atoms with van der Waals surface area (Å²) in [4.78, 5) is 10.3. The molecule has 0 spiro atoms. The van der Waals surface area contributed by atoms with Gasteiger partial charge in [-0.2, -0.15) is 0 Å². The zero-order chi connectivity index (χ0) is 35.1. The van der Waals surface area contributed by atoms with Gasteiger partial charge in [-0.05, 0) is 57.7 Å². The van der Waals surface area contributed by atoms with Crippen molar-refractivity contribution in [2.75, 3.05) is 0 Å². The zero-order valence-corrected chi connectivity index (χ0v) is 28.9. The normalized spacial score (nSPS) is 15.7. The molecule has 6 aromatic carbocycles. The minimum atomic E-state index is 0.352. The van der Waals surface area contributed by atoms with Crippen molar-refractivity contribution in [2.24, 2.45) is 11.8 Å². The van der Waals surface area contributed by atoms with Crippen molar-refractivity contribution in [3.8, 4) is 67.3 Å². The fourth-order valence-electron chi connectivity index (χ4n) is 7.78. The van der Waals surface area contributed by atoms with E-state index in [-0.39, 0.29) is 0 Å². The molecule has 0 radical (unpaired) electrons. The topological polar surface area (TPSA) is 38.9 Å². The second-order valence-electron chi connectivity index (χ2n) is 13.7. The first-order valence-electron chi connectivity index (χ1n) is 18.2. The fraction of sp³-hybridized carbons (Fsp3) is 0.0400. The highest BCUT2D eigenvalue weighted by atomic mass is 16.3. The maximum absolute atomic E-state index is 6.32. The van der Waals surface area contributed by atoms with Crippen LogP contribution in [0.5, 0.6) is 0 Å². The molecule has 2 aromatic heterocycles. The van der Waals surface area contributed by atoms with Gasteiger partial charge in [0, 0.05) is 39.1 Å². The Labute approximate surface area is 308 Å². The number of furan rings is 1. The number of allylic oxidation sites excluding steroid dienone is 4. The third-order valence-electron chi connectivity index (χ3n) is 10.4. The van der Waals surface area contributed by atoms with Gasteiger partial charge in [0.05, 0.1) is 11.4 Å². The fourth-order valence-corrected chi connectivity index (χ4v) is 7.78. The van der Waals surface area contributed by atoms with Crippen molar-refractivity contribution in [3.05, 3.63) is 193 Å². The summed E-state index contributed by atoms with van der Waals surface area (Å²) < 4.78 is 6.32. The molecule has 2 atom stereocenters. The summed E-state index contributed by atoms with van der Waals surface area (Å²) >= 11 is 0. The molecule has 0 saturated carbocycles. The summed E-state index contributed by atoms with van der Waals surface area (Å²) in [6.45, 7) is 0. The monoisotopic (exact) mass is 678 g/mol. The van der Waals surface area contributed by atoms with Crippen LogP contribution in [0.4, 0.5) is 0 Å². The average Bonchev–Trinajstić information content (AvgIpc) is 3.60. The van der Waals surface area contributed by atoms with Crippen LogP contribution in [0.1, 0.15) is 0 Å². The lowest BCUT2D eigenvalue weighted by Gasteiger charge is -2.19. The van der Waals surface area contributed by atoms with E-state index in [1.165, 1.54) is 10.8 Å². The molecule has 250 valence electrons. The Kier molecular flexibility index (Phi) is 7.62. The second kappa shape index (κ2) is 13.0. The van der Waals surface area contributed by atoms with Gasteiger partial charge in [-0.1, -0.05) is 170 Å². The van der Waals surface area contributed by atoms with Gasteiger partial charge in [0.2, 0.25) is 0 Å². The van der Waals surface area contributed by atoms with Crippen LogP contribution in [0.2, 0.25) is 0 Å². The molecule has 2 unspecified atom stereocenters. The Bertz CT molecular complexity index is 2760. The highest BCUT2D eigenvalue weighted by Crippen LogP contribution is 2.41. The first kappa shape index (κ1) is 30.9. The maximum atomic E-state index is 6.32. The van der Waals surface area contributed by atoms with E-state index in [0.717, 1.165) is 72.3 Å². The van der Waals surface area contributed by atoms with Gasteiger partial charge < -0.3 is 4.42 Å². The maximum Gasteiger partial charge on any atom is 0.160 e. The molecule has 0 aliphatic heterocycles. The van der Waals surface area contributed by atoms with E-state index in [2.05, 4.69) is 170 Å². The number of aromatic nitrogens is 2. The molecule has 2 aliphatic rings. The highest BCUT2D eigenvalue weighted by Gasteiger charge is 2.21. The number of hydrogen-bond donors (Lipinski definition) is 0. The van der Waals surface area contributed by atoms with Crippen molar-refractivity contribution in [3.63, 3.8) is 0 Å². The van der Waals surface area contributed by atoms with Crippen LogP contribution >= 0.6 is 0 Å². The Morgan fingerprint density at radius 2 is 1.04 bits per heavy atom. The van der Waals surface area contributed by atoms with Crippen molar-refractivity contribution in [1.29, 1.82) is 0 Å². The molecule has 0 amide bonds. The summed E-state index contributed by atoms with van der Waals surface area (Å²) in [5.41, 5.74) is 13.7. The average molecular weight is 679 g/mol. The van der Waals surface area contributed by atoms with Crippen LogP contribution in [-0.2, 0) is 0 Å². The molecule has 0 saturated heterocycles. The molecule has 0 fully saturated rings. The van der Waals surface area contributed by atoms with Crippen LogP contribution in [-0.4, -0.2) is 9.97 Å². The van der Waals surface area contributed by atoms with Gasteiger partial charge in [0.15, 0.2) is 5.82 Å². The van der Waals surface area contributed by atoms with Gasteiger partial charge in [0.1, 0.15) is 11.0 Å². The third kappa shape index (κ3) is 5.73. The Morgan fingerprint density at radius 1 is 0.434 bits per heavy atom. The van der Waals surface area contributed by atoms with E-state index in [9.17, 15) is 0 Å². The molecule has 2 heterocycles. The molecule has 2 aliphatic carbocycles. The molecular formula is C50H34N2O. The third-order valence-corrected chi connectivity index (χ3v) is 10.4. The van der Waals surface area contributed by atoms with Crippen LogP contribution in [0.15, 0.2) is 186 Å². The first-order valence-corrected chi connectivity index (χ1v) is 18.2. The quantitative estimate of drug-likeness (QED) is 0.176. The molecule has 3 heteroatoms. The lowest BCUT2D eigenvalue weighted by Crippen LogP contribution is -2.29. The number of nitrogens with zero attached hydrogens (tertiary/aromatic N) is 2. The summed E-state index contributed by atoms with van der Waals surface area (Å²) in [5, 5.41) is 2.35. The van der Waals surface area contributed by atoms with Crippen LogP contribution in [0.25, 0.3) is 90.4 Å². The van der Waals surface area contributed by atoms with E-state index >= 15 is 0 Å². The number of hydrogen-bond acceptors (Lipinski definition) is 3. The number of fused-ring (bicyclic) bond motifs is 4. The molecule has 0 bridgehead atoms. The second-order valence-corrected chi connectivity index (χ2v) is 13.7. The standard InChI is InChI=1S/C50H34N2O/c1-4-13-35(14-5-1)45-32-46(52-50(51-45)37-17-8-3-9-18-37)42-22-12-21-41(49(42)36-15-6-2-7-16-36)34-25-23-33(24-26-34)40-27-28-47-43(30-40)44-29-38-19-10-11-20-39(38)31-48(44)53-47/h1-32,38-39H. The van der Waals surface area contributed by atoms with Gasteiger partial charge >= 0.3 is 0 Å². The summed E-state index contributed by atoms with van der Waals surface area (Å²) in [6, 6.07) is 55.4. The van der Waals surface area contributed by atoms with Crippen molar-refractivity contribution in [2.45, 2.75) is 0 Å². The highest BCUT2D eigenvalue weighted by molar-refractivity contribution is 5.95. The Hall–Kier alpha value is -6.84. The molecule has 53 heavy (non-hydrogen) atoms.